The van der Waals surface area contributed by atoms with Gasteiger partial charge in [-0.1, -0.05) is 6.08 Å². The molecule has 0 spiro atoms. The number of carbonyl (C=O) groups is 3. The molecule has 0 rings (SSSR count). The van der Waals surface area contributed by atoms with E-state index in [4.69, 9.17) is 9.47 Å². The summed E-state index contributed by atoms with van der Waals surface area (Å²) in [5.41, 5.74) is -0.684. The maximum atomic E-state index is 12.3. The van der Waals surface area contributed by atoms with Gasteiger partial charge in [-0.05, 0) is 46.7 Å². The van der Waals surface area contributed by atoms with Crippen LogP contribution in [0.1, 0.15) is 33.6 Å². The molecule has 0 aromatic heterocycles. The number of esters is 1. The molecule has 0 unspecified atom stereocenters. The van der Waals surface area contributed by atoms with Gasteiger partial charge in [0.25, 0.3) is 0 Å². The average molecular weight is 371 g/mol. The minimum Gasteiger partial charge on any atom is -0.457 e. The zero-order valence-electron chi connectivity index (χ0n) is 17.0. The highest BCUT2D eigenvalue weighted by Gasteiger charge is 2.29. The molecular formula is C18H33N3O5. The molecule has 0 saturated carbocycles. The van der Waals surface area contributed by atoms with Gasteiger partial charge in [0.2, 0.25) is 12.0 Å². The summed E-state index contributed by atoms with van der Waals surface area (Å²) in [5, 5.41) is 2.94. The van der Waals surface area contributed by atoms with Crippen molar-refractivity contribution in [2.24, 2.45) is 0 Å². The minimum atomic E-state index is -1.03. The molecule has 26 heavy (non-hydrogen) atoms. The maximum absolute atomic E-state index is 12.3. The van der Waals surface area contributed by atoms with E-state index in [2.05, 4.69) is 5.32 Å². The Bertz CT molecular complexity index is 498. The van der Waals surface area contributed by atoms with E-state index in [-0.39, 0.29) is 12.3 Å². The number of ether oxygens (including phenoxy) is 2. The largest absolute Gasteiger partial charge is 0.457 e. The predicted molar refractivity (Wildman–Crippen MR) is 99.7 cm³/mol. The van der Waals surface area contributed by atoms with Crippen LogP contribution in [0.4, 0.5) is 4.79 Å². The van der Waals surface area contributed by atoms with Crippen LogP contribution in [0.5, 0.6) is 0 Å². The van der Waals surface area contributed by atoms with E-state index in [1.54, 1.807) is 55.0 Å². The van der Waals surface area contributed by atoms with Gasteiger partial charge in [-0.2, -0.15) is 0 Å². The quantitative estimate of drug-likeness (QED) is 0.487. The Kier molecular flexibility index (Phi) is 10.6. The summed E-state index contributed by atoms with van der Waals surface area (Å²) in [6, 6.07) is 0. The Morgan fingerprint density at radius 2 is 1.77 bits per heavy atom. The molecule has 0 aliphatic rings. The highest BCUT2D eigenvalue weighted by atomic mass is 16.6. The number of hydrogen-bond acceptors (Lipinski definition) is 6. The van der Waals surface area contributed by atoms with E-state index in [0.29, 0.717) is 19.5 Å². The van der Waals surface area contributed by atoms with Crippen molar-refractivity contribution in [3.63, 3.8) is 0 Å². The van der Waals surface area contributed by atoms with E-state index in [9.17, 15) is 14.4 Å². The van der Waals surface area contributed by atoms with E-state index in [1.807, 2.05) is 0 Å². The second-order valence-corrected chi connectivity index (χ2v) is 7.14. The van der Waals surface area contributed by atoms with Gasteiger partial charge < -0.3 is 24.6 Å². The lowest BCUT2D eigenvalue weighted by atomic mass is 10.1. The fourth-order valence-electron chi connectivity index (χ4n) is 1.76. The van der Waals surface area contributed by atoms with Gasteiger partial charge in [-0.3, -0.25) is 4.79 Å². The van der Waals surface area contributed by atoms with E-state index in [1.165, 1.54) is 15.9 Å². The lowest BCUT2D eigenvalue weighted by molar-refractivity contribution is -0.165. The van der Waals surface area contributed by atoms with Crippen molar-refractivity contribution in [2.45, 2.75) is 45.3 Å². The van der Waals surface area contributed by atoms with Crippen LogP contribution in [0.3, 0.4) is 0 Å². The van der Waals surface area contributed by atoms with Crippen LogP contribution in [0, 0.1) is 0 Å². The molecule has 0 bridgehead atoms. The number of allylic oxidation sites excluding steroid dienone is 1. The van der Waals surface area contributed by atoms with Crippen molar-refractivity contribution < 1.29 is 23.9 Å². The average Bonchev–Trinajstić information content (AvgIpc) is 2.52. The lowest BCUT2D eigenvalue weighted by Crippen LogP contribution is -2.40. The number of carbonyl (C=O) groups excluding carboxylic acids is 3. The Balaban J connectivity index is 4.87. The molecule has 0 aliphatic carbocycles. The number of nitrogens with zero attached hydrogens (tertiary/aromatic N) is 2. The molecule has 0 aromatic rings. The zero-order valence-corrected chi connectivity index (χ0v) is 17.0. The first-order valence-corrected chi connectivity index (χ1v) is 8.65. The number of likely N-dealkylation sites (N-methyl/N-ethyl adjacent to an activating group) is 3. The lowest BCUT2D eigenvalue weighted by Gasteiger charge is -2.25. The summed E-state index contributed by atoms with van der Waals surface area (Å²) in [5.74, 6) is -0.747. The number of hydrogen-bond donors (Lipinski definition) is 1. The predicted octanol–water partition coefficient (Wildman–Crippen LogP) is 1.41. The number of rotatable bonds is 9. The van der Waals surface area contributed by atoms with Gasteiger partial charge in [-0.25, -0.2) is 9.59 Å². The molecule has 1 atom stereocenters. The molecule has 0 aromatic carbocycles. The van der Waals surface area contributed by atoms with Crippen molar-refractivity contribution in [1.29, 1.82) is 0 Å². The molecule has 1 N–H and O–H groups in total. The highest BCUT2D eigenvalue weighted by Crippen LogP contribution is 2.14. The molecule has 0 radical (unpaired) electrons. The second-order valence-electron chi connectivity index (χ2n) is 7.14. The molecule has 2 amide bonds. The third kappa shape index (κ3) is 10.7. The molecule has 8 heteroatoms. The topological polar surface area (TPSA) is 88.2 Å². The van der Waals surface area contributed by atoms with E-state index in [0.717, 1.165) is 0 Å². The monoisotopic (exact) mass is 371 g/mol. The van der Waals surface area contributed by atoms with Crippen LogP contribution in [0.25, 0.3) is 0 Å². The SMILES string of the molecule is CNCCN(C)C(=O)O[C@@H](CC/C=C/C(=O)N(C)C)C(=O)OC(C)(C)C. The van der Waals surface area contributed by atoms with Crippen molar-refractivity contribution in [3.05, 3.63) is 12.2 Å². The van der Waals surface area contributed by atoms with Gasteiger partial charge in [0.1, 0.15) is 5.60 Å². The summed E-state index contributed by atoms with van der Waals surface area (Å²) < 4.78 is 10.7. The smallest absolute Gasteiger partial charge is 0.410 e. The Morgan fingerprint density at radius 3 is 2.27 bits per heavy atom. The summed E-state index contributed by atoms with van der Waals surface area (Å²) >= 11 is 0. The Morgan fingerprint density at radius 1 is 1.15 bits per heavy atom. The van der Waals surface area contributed by atoms with Crippen molar-refractivity contribution in [1.82, 2.24) is 15.1 Å². The zero-order chi connectivity index (χ0) is 20.3. The Labute approximate surface area is 156 Å². The maximum Gasteiger partial charge on any atom is 0.410 e. The summed E-state index contributed by atoms with van der Waals surface area (Å²) in [6.07, 6.45) is 2.09. The van der Waals surface area contributed by atoms with Crippen LogP contribution in [-0.4, -0.2) is 80.8 Å². The van der Waals surface area contributed by atoms with Gasteiger partial charge in [0.15, 0.2) is 0 Å². The Hall–Kier alpha value is -2.09. The van der Waals surface area contributed by atoms with Crippen LogP contribution < -0.4 is 5.32 Å². The third-order valence-corrected chi connectivity index (χ3v) is 3.22. The molecule has 150 valence electrons. The van der Waals surface area contributed by atoms with Crippen LogP contribution in [0.2, 0.25) is 0 Å². The fourth-order valence-corrected chi connectivity index (χ4v) is 1.76. The standard InChI is InChI=1S/C18H33N3O5/c1-18(2,3)26-16(23)14(10-8-9-11-15(22)20(5)6)25-17(24)21(7)13-12-19-4/h9,11,14,19H,8,10,12-13H2,1-7H3/b11-9+/t14-/m0/s1. The van der Waals surface area contributed by atoms with Gasteiger partial charge in [-0.15, -0.1) is 0 Å². The van der Waals surface area contributed by atoms with Crippen LogP contribution >= 0.6 is 0 Å². The van der Waals surface area contributed by atoms with Crippen molar-refractivity contribution in [3.8, 4) is 0 Å². The molecule has 8 nitrogen and oxygen atoms in total. The molecular weight excluding hydrogens is 338 g/mol. The van der Waals surface area contributed by atoms with Crippen molar-refractivity contribution >= 4 is 18.0 Å². The van der Waals surface area contributed by atoms with Crippen LogP contribution in [0.15, 0.2) is 12.2 Å². The van der Waals surface area contributed by atoms with Crippen LogP contribution in [-0.2, 0) is 19.1 Å². The van der Waals surface area contributed by atoms with E-state index < -0.39 is 23.8 Å². The highest BCUT2D eigenvalue weighted by molar-refractivity contribution is 5.87. The molecule has 0 aliphatic heterocycles. The second kappa shape index (κ2) is 11.5. The van der Waals surface area contributed by atoms with Crippen molar-refractivity contribution in [2.75, 3.05) is 41.3 Å². The molecule has 0 heterocycles. The summed E-state index contributed by atoms with van der Waals surface area (Å²) in [6.45, 7) is 6.31. The normalized spacial score (nSPS) is 12.6. The van der Waals surface area contributed by atoms with Gasteiger partial charge in [0.05, 0.1) is 0 Å². The third-order valence-electron chi connectivity index (χ3n) is 3.22. The number of amides is 2. The van der Waals surface area contributed by atoms with E-state index >= 15 is 0 Å². The first kappa shape index (κ1) is 23.9. The van der Waals surface area contributed by atoms with Gasteiger partial charge in [0, 0.05) is 34.2 Å². The number of nitrogens with one attached hydrogen (secondary N) is 1. The minimum absolute atomic E-state index is 0.150. The fraction of sp³-hybridized carbons (Fsp3) is 0.722. The first-order valence-electron chi connectivity index (χ1n) is 8.65. The first-order chi connectivity index (χ1) is 12.0. The summed E-state index contributed by atoms with van der Waals surface area (Å²) in [7, 11) is 6.68. The van der Waals surface area contributed by atoms with Gasteiger partial charge >= 0.3 is 12.1 Å². The summed E-state index contributed by atoms with van der Waals surface area (Å²) in [4.78, 5) is 38.8. The molecule has 0 saturated heterocycles. The molecule has 0 fully saturated rings.